The third kappa shape index (κ3) is 3.73. The van der Waals surface area contributed by atoms with Crippen molar-refractivity contribution < 1.29 is 27.8 Å². The van der Waals surface area contributed by atoms with Gasteiger partial charge in [-0.25, -0.2) is 4.98 Å². The summed E-state index contributed by atoms with van der Waals surface area (Å²) in [5, 5.41) is 9.91. The number of nitrogens with zero attached hydrogens (tertiary/aromatic N) is 2. The number of hydrogen-bond acceptors (Lipinski definition) is 7. The minimum absolute atomic E-state index is 0.0629. The van der Waals surface area contributed by atoms with Crippen LogP contribution >= 0.6 is 11.8 Å². The van der Waals surface area contributed by atoms with E-state index >= 15 is 0 Å². The van der Waals surface area contributed by atoms with Gasteiger partial charge in [-0.05, 0) is 25.0 Å². The quantitative estimate of drug-likeness (QED) is 0.765. The molecule has 1 atom stereocenters. The van der Waals surface area contributed by atoms with Gasteiger partial charge < -0.3 is 19.5 Å². The lowest BCUT2D eigenvalue weighted by Crippen LogP contribution is -2.25. The Bertz CT molecular complexity index is 826. The van der Waals surface area contributed by atoms with Gasteiger partial charge in [0.05, 0.1) is 5.75 Å². The fraction of sp³-hybridized carbons (Fsp3) is 0.400. The molecular formula is C15H14F2N4O4S. The molecule has 4 rings (SSSR count). The molecule has 0 spiro atoms. The van der Waals surface area contributed by atoms with E-state index in [1.54, 1.807) is 0 Å². The molecule has 2 N–H and O–H groups in total. The number of rotatable bonds is 5. The Balaban J connectivity index is 1.31. The van der Waals surface area contributed by atoms with Gasteiger partial charge in [0.2, 0.25) is 11.1 Å². The number of H-pyrrole nitrogens is 1. The molecule has 1 amide bonds. The Kier molecular flexibility index (Phi) is 4.41. The second kappa shape index (κ2) is 6.72. The molecule has 0 bridgehead atoms. The van der Waals surface area contributed by atoms with Crippen molar-refractivity contribution in [1.29, 1.82) is 0 Å². The first-order valence-electron chi connectivity index (χ1n) is 7.85. The Morgan fingerprint density at radius 1 is 1.38 bits per heavy atom. The van der Waals surface area contributed by atoms with E-state index in [4.69, 9.17) is 4.74 Å². The van der Waals surface area contributed by atoms with Gasteiger partial charge in [-0.2, -0.15) is 0 Å². The maximum atomic E-state index is 13.0. The summed E-state index contributed by atoms with van der Waals surface area (Å²) in [7, 11) is 0. The highest BCUT2D eigenvalue weighted by Crippen LogP contribution is 2.42. The smallest absolute Gasteiger partial charge is 0.395 e. The third-order valence-electron chi connectivity index (χ3n) is 3.73. The minimum Gasteiger partial charge on any atom is -0.395 e. The zero-order chi connectivity index (χ0) is 18.1. The molecule has 1 unspecified atom stereocenters. The molecule has 138 valence electrons. The zero-order valence-corrected chi connectivity index (χ0v) is 14.1. The van der Waals surface area contributed by atoms with Crippen molar-refractivity contribution in [2.45, 2.75) is 30.4 Å². The SMILES string of the molecule is O=C(CSc1n[nH]c(C2CCCO2)n1)Nc1ccc2c(c1)OC(F)(F)O2. The van der Waals surface area contributed by atoms with E-state index in [9.17, 15) is 13.6 Å². The van der Waals surface area contributed by atoms with Crippen LogP contribution in [-0.2, 0) is 9.53 Å². The molecule has 1 aromatic heterocycles. The number of aromatic nitrogens is 3. The first-order valence-corrected chi connectivity index (χ1v) is 8.83. The van der Waals surface area contributed by atoms with Crippen molar-refractivity contribution in [2.24, 2.45) is 0 Å². The summed E-state index contributed by atoms with van der Waals surface area (Å²) in [4.78, 5) is 16.3. The number of halogens is 2. The maximum Gasteiger partial charge on any atom is 0.586 e. The number of alkyl halides is 2. The van der Waals surface area contributed by atoms with Crippen molar-refractivity contribution in [3.05, 3.63) is 24.0 Å². The molecule has 1 fully saturated rings. The lowest BCUT2D eigenvalue weighted by atomic mass is 10.2. The van der Waals surface area contributed by atoms with Crippen LogP contribution in [0.15, 0.2) is 23.4 Å². The summed E-state index contributed by atoms with van der Waals surface area (Å²) in [5.41, 5.74) is 0.325. The van der Waals surface area contributed by atoms with Crippen LogP contribution in [0.25, 0.3) is 0 Å². The lowest BCUT2D eigenvalue weighted by Gasteiger charge is -2.05. The number of fused-ring (bicyclic) bond motifs is 1. The monoisotopic (exact) mass is 384 g/mol. The largest absolute Gasteiger partial charge is 0.586 e. The molecule has 26 heavy (non-hydrogen) atoms. The minimum atomic E-state index is -3.69. The van der Waals surface area contributed by atoms with Crippen LogP contribution in [0.5, 0.6) is 11.5 Å². The normalized spacial score (nSPS) is 20.3. The summed E-state index contributed by atoms with van der Waals surface area (Å²) < 4.78 is 40.1. The van der Waals surface area contributed by atoms with Crippen molar-refractivity contribution in [3.63, 3.8) is 0 Å². The number of amides is 1. The number of ether oxygens (including phenoxy) is 3. The van der Waals surface area contributed by atoms with Crippen LogP contribution in [0.2, 0.25) is 0 Å². The van der Waals surface area contributed by atoms with E-state index in [2.05, 4.69) is 30.0 Å². The number of anilines is 1. The number of hydrogen-bond donors (Lipinski definition) is 2. The molecule has 8 nitrogen and oxygen atoms in total. The van der Waals surface area contributed by atoms with Gasteiger partial charge in [0.25, 0.3) is 0 Å². The van der Waals surface area contributed by atoms with Gasteiger partial charge in [-0.15, -0.1) is 13.9 Å². The highest BCUT2D eigenvalue weighted by Gasteiger charge is 2.43. The number of nitrogens with one attached hydrogen (secondary N) is 2. The average Bonchev–Trinajstić information content (AvgIpc) is 3.30. The molecule has 11 heteroatoms. The van der Waals surface area contributed by atoms with Crippen molar-refractivity contribution in [2.75, 3.05) is 17.7 Å². The Hall–Kier alpha value is -2.40. The topological polar surface area (TPSA) is 98.4 Å². The van der Waals surface area contributed by atoms with E-state index in [0.29, 0.717) is 23.3 Å². The van der Waals surface area contributed by atoms with Gasteiger partial charge in [-0.3, -0.25) is 9.89 Å². The standard InChI is InChI=1S/C15H14F2N4O4S/c16-15(17)24-9-4-3-8(6-11(9)25-15)18-12(22)7-26-14-19-13(20-21-14)10-2-1-5-23-10/h3-4,6,10H,1-2,5,7H2,(H,18,22)(H,19,20,21). The maximum absolute atomic E-state index is 13.0. The van der Waals surface area contributed by atoms with Gasteiger partial charge >= 0.3 is 6.29 Å². The summed E-state index contributed by atoms with van der Waals surface area (Å²) in [6, 6.07) is 4.04. The van der Waals surface area contributed by atoms with E-state index in [-0.39, 0.29) is 29.3 Å². The fourth-order valence-electron chi connectivity index (χ4n) is 2.61. The number of carbonyl (C=O) groups is 1. The number of aromatic amines is 1. The first kappa shape index (κ1) is 17.0. The second-order valence-electron chi connectivity index (χ2n) is 5.67. The van der Waals surface area contributed by atoms with Crippen LogP contribution in [0.4, 0.5) is 14.5 Å². The molecule has 0 radical (unpaired) electrons. The third-order valence-corrected chi connectivity index (χ3v) is 4.58. The zero-order valence-electron chi connectivity index (χ0n) is 13.3. The number of carbonyl (C=O) groups excluding carboxylic acids is 1. The molecule has 1 aromatic carbocycles. The number of thioether (sulfide) groups is 1. The van der Waals surface area contributed by atoms with Crippen molar-refractivity contribution >= 4 is 23.4 Å². The molecule has 2 aliphatic rings. The molecule has 0 aliphatic carbocycles. The Labute approximate surface area is 150 Å². The molecule has 0 saturated carbocycles. The Morgan fingerprint density at radius 2 is 2.23 bits per heavy atom. The van der Waals surface area contributed by atoms with Crippen LogP contribution in [0, 0.1) is 0 Å². The van der Waals surface area contributed by atoms with E-state index in [1.165, 1.54) is 18.2 Å². The fourth-order valence-corrected chi connectivity index (χ4v) is 3.22. The molecule has 2 aliphatic heterocycles. The second-order valence-corrected chi connectivity index (χ2v) is 6.61. The van der Waals surface area contributed by atoms with Crippen LogP contribution in [-0.4, -0.2) is 39.7 Å². The molecular weight excluding hydrogens is 370 g/mol. The van der Waals surface area contributed by atoms with Gasteiger partial charge in [0.1, 0.15) is 6.10 Å². The molecule has 1 saturated heterocycles. The van der Waals surface area contributed by atoms with E-state index in [0.717, 1.165) is 24.6 Å². The highest BCUT2D eigenvalue weighted by molar-refractivity contribution is 7.99. The summed E-state index contributed by atoms with van der Waals surface area (Å²) in [6.07, 6.45) is -1.88. The van der Waals surface area contributed by atoms with Crippen LogP contribution in [0.1, 0.15) is 24.8 Å². The van der Waals surface area contributed by atoms with Crippen LogP contribution < -0.4 is 14.8 Å². The van der Waals surface area contributed by atoms with E-state index in [1.807, 2.05) is 0 Å². The van der Waals surface area contributed by atoms with E-state index < -0.39 is 6.29 Å². The average molecular weight is 384 g/mol. The number of benzene rings is 1. The van der Waals surface area contributed by atoms with Gasteiger partial charge in [0.15, 0.2) is 17.3 Å². The van der Waals surface area contributed by atoms with Crippen LogP contribution in [0.3, 0.4) is 0 Å². The predicted octanol–water partition coefficient (Wildman–Crippen LogP) is 2.71. The molecule has 3 heterocycles. The highest BCUT2D eigenvalue weighted by atomic mass is 32.2. The first-order chi connectivity index (χ1) is 12.5. The molecule has 2 aromatic rings. The van der Waals surface area contributed by atoms with Gasteiger partial charge in [0, 0.05) is 18.4 Å². The van der Waals surface area contributed by atoms with Crippen molar-refractivity contribution in [3.8, 4) is 11.5 Å². The summed E-state index contributed by atoms with van der Waals surface area (Å²) in [6.45, 7) is 0.706. The predicted molar refractivity (Wildman–Crippen MR) is 86.3 cm³/mol. The lowest BCUT2D eigenvalue weighted by molar-refractivity contribution is -0.286. The van der Waals surface area contributed by atoms with Gasteiger partial charge in [-0.1, -0.05) is 11.8 Å². The summed E-state index contributed by atoms with van der Waals surface area (Å²) >= 11 is 1.16. The summed E-state index contributed by atoms with van der Waals surface area (Å²) in [5.74, 6) is 0.180. The van der Waals surface area contributed by atoms with Crippen molar-refractivity contribution in [1.82, 2.24) is 15.2 Å². The Morgan fingerprint density at radius 3 is 3.04 bits per heavy atom.